The molecule has 2 aromatic rings. The number of hydrogen-bond acceptors (Lipinski definition) is 7. The third-order valence-electron chi connectivity index (χ3n) is 6.31. The van der Waals surface area contributed by atoms with Crippen LogP contribution in [0.5, 0.6) is 5.75 Å². The summed E-state index contributed by atoms with van der Waals surface area (Å²) in [5, 5.41) is 15.9. The van der Waals surface area contributed by atoms with Crippen molar-refractivity contribution < 1.29 is 9.90 Å². The van der Waals surface area contributed by atoms with Crippen LogP contribution < -0.4 is 14.7 Å². The number of carbonyl (C=O) groups is 1. The van der Waals surface area contributed by atoms with Crippen LogP contribution in [0.1, 0.15) is 19.3 Å². The van der Waals surface area contributed by atoms with Crippen molar-refractivity contribution >= 4 is 29.2 Å². The number of piperazine rings is 1. The van der Waals surface area contributed by atoms with E-state index >= 15 is 0 Å². The fraction of sp³-hybridized carbons (Fsp3) is 0.391. The summed E-state index contributed by atoms with van der Waals surface area (Å²) in [5.41, 5.74) is 3.47. The molecule has 0 bridgehead atoms. The molecule has 156 valence electrons. The summed E-state index contributed by atoms with van der Waals surface area (Å²) in [4.78, 5) is 18.9. The second-order valence-electron chi connectivity index (χ2n) is 8.16. The smallest absolute Gasteiger partial charge is 0.157 e. The van der Waals surface area contributed by atoms with E-state index in [1.54, 1.807) is 12.1 Å². The van der Waals surface area contributed by atoms with Gasteiger partial charge in [-0.2, -0.15) is 5.10 Å². The Balaban J connectivity index is 1.18. The molecule has 1 N–H and O–H groups in total. The first-order chi connectivity index (χ1) is 14.7. The van der Waals surface area contributed by atoms with Gasteiger partial charge < -0.3 is 19.8 Å². The standard InChI is InChI=1S/C23H27N5O2/c29-21-10-8-19(9-11-21)26-14-12-25(13-15-26)18-4-6-20(7-5-18)27-16-24-28(17-27)22-2-1-3-23(22)30/h4-11,16,22,29H,1-3,12-15,17H2. The molecule has 3 aliphatic rings. The van der Waals surface area contributed by atoms with E-state index in [4.69, 9.17) is 0 Å². The number of phenolic OH excluding ortho intramolecular Hbond substituents is 1. The highest BCUT2D eigenvalue weighted by molar-refractivity contribution is 5.87. The van der Waals surface area contributed by atoms with Crippen molar-refractivity contribution in [3.63, 3.8) is 0 Å². The zero-order valence-corrected chi connectivity index (χ0v) is 17.0. The maximum Gasteiger partial charge on any atom is 0.157 e. The molecule has 1 saturated carbocycles. The molecule has 1 saturated heterocycles. The third kappa shape index (κ3) is 3.67. The van der Waals surface area contributed by atoms with Gasteiger partial charge in [-0.05, 0) is 61.4 Å². The van der Waals surface area contributed by atoms with Crippen LogP contribution in [-0.4, -0.2) is 61.1 Å². The molecule has 0 aromatic heterocycles. The van der Waals surface area contributed by atoms with Crippen LogP contribution in [0.15, 0.2) is 53.6 Å². The monoisotopic (exact) mass is 405 g/mol. The first-order valence-corrected chi connectivity index (χ1v) is 10.7. The molecule has 2 fully saturated rings. The minimum atomic E-state index is -0.0459. The molecule has 0 radical (unpaired) electrons. The van der Waals surface area contributed by atoms with Crippen molar-refractivity contribution in [2.45, 2.75) is 25.3 Å². The van der Waals surface area contributed by atoms with Crippen molar-refractivity contribution in [3.05, 3.63) is 48.5 Å². The van der Waals surface area contributed by atoms with Crippen molar-refractivity contribution in [3.8, 4) is 5.75 Å². The number of rotatable bonds is 4. The average molecular weight is 406 g/mol. The van der Waals surface area contributed by atoms with Crippen LogP contribution in [-0.2, 0) is 4.79 Å². The molecule has 0 spiro atoms. The second-order valence-corrected chi connectivity index (χ2v) is 8.16. The molecule has 2 aliphatic heterocycles. The number of hydrogen-bond donors (Lipinski definition) is 1. The Morgan fingerprint density at radius 1 is 0.833 bits per heavy atom. The Kier molecular flexibility index (Phi) is 4.94. The summed E-state index contributed by atoms with van der Waals surface area (Å²) in [7, 11) is 0. The summed E-state index contributed by atoms with van der Waals surface area (Å²) in [6, 6.07) is 16.0. The highest BCUT2D eigenvalue weighted by Crippen LogP contribution is 2.27. The lowest BCUT2D eigenvalue weighted by atomic mass is 10.2. The summed E-state index contributed by atoms with van der Waals surface area (Å²) in [6.45, 7) is 4.47. The molecule has 7 nitrogen and oxygen atoms in total. The molecular weight excluding hydrogens is 378 g/mol. The number of benzene rings is 2. The maximum atomic E-state index is 12.0. The van der Waals surface area contributed by atoms with Gasteiger partial charge in [-0.3, -0.25) is 9.80 Å². The molecule has 1 unspecified atom stereocenters. The lowest BCUT2D eigenvalue weighted by molar-refractivity contribution is -0.121. The van der Waals surface area contributed by atoms with Gasteiger partial charge in [-0.1, -0.05) is 0 Å². The number of nitrogens with zero attached hydrogens (tertiary/aromatic N) is 5. The topological polar surface area (TPSA) is 62.6 Å². The van der Waals surface area contributed by atoms with Crippen molar-refractivity contribution in [1.82, 2.24) is 5.01 Å². The SMILES string of the molecule is O=C1CCCC1N1CN(c2ccc(N3CCN(c4ccc(O)cc4)CC3)cc2)C=N1. The second kappa shape index (κ2) is 7.89. The van der Waals surface area contributed by atoms with Crippen LogP contribution in [0, 0.1) is 0 Å². The average Bonchev–Trinajstić information content (AvgIpc) is 3.43. The highest BCUT2D eigenvalue weighted by atomic mass is 16.3. The fourth-order valence-electron chi connectivity index (χ4n) is 4.54. The lowest BCUT2D eigenvalue weighted by Gasteiger charge is -2.37. The Morgan fingerprint density at radius 2 is 1.40 bits per heavy atom. The van der Waals surface area contributed by atoms with E-state index in [9.17, 15) is 9.90 Å². The number of ketones is 1. The van der Waals surface area contributed by atoms with E-state index in [0.29, 0.717) is 24.6 Å². The van der Waals surface area contributed by atoms with Gasteiger partial charge in [0.2, 0.25) is 0 Å². The Morgan fingerprint density at radius 3 is 1.97 bits per heavy atom. The number of hydrazone groups is 1. The number of aromatic hydroxyl groups is 1. The predicted molar refractivity (Wildman–Crippen MR) is 119 cm³/mol. The van der Waals surface area contributed by atoms with E-state index in [1.807, 2.05) is 23.5 Å². The largest absolute Gasteiger partial charge is 0.508 e. The lowest BCUT2D eigenvalue weighted by Crippen LogP contribution is -2.46. The van der Waals surface area contributed by atoms with Crippen molar-refractivity contribution in [2.24, 2.45) is 5.10 Å². The van der Waals surface area contributed by atoms with Crippen LogP contribution in [0.4, 0.5) is 17.1 Å². The van der Waals surface area contributed by atoms with Gasteiger partial charge in [0, 0.05) is 49.7 Å². The van der Waals surface area contributed by atoms with Gasteiger partial charge >= 0.3 is 0 Å². The summed E-state index contributed by atoms with van der Waals surface area (Å²) >= 11 is 0. The maximum absolute atomic E-state index is 12.0. The van der Waals surface area contributed by atoms with Crippen LogP contribution in [0.2, 0.25) is 0 Å². The van der Waals surface area contributed by atoms with E-state index in [-0.39, 0.29) is 6.04 Å². The number of phenols is 1. The highest BCUT2D eigenvalue weighted by Gasteiger charge is 2.32. The first kappa shape index (κ1) is 18.8. The van der Waals surface area contributed by atoms with Crippen LogP contribution >= 0.6 is 0 Å². The van der Waals surface area contributed by atoms with Crippen molar-refractivity contribution in [2.75, 3.05) is 47.5 Å². The normalized spacial score (nSPS) is 21.7. The molecule has 1 aliphatic carbocycles. The van der Waals surface area contributed by atoms with E-state index in [1.165, 1.54) is 5.69 Å². The summed E-state index contributed by atoms with van der Waals surface area (Å²) in [5.74, 6) is 0.620. The molecular formula is C23H27N5O2. The Hall–Kier alpha value is -3.22. The van der Waals surface area contributed by atoms with Gasteiger partial charge in [-0.25, -0.2) is 0 Å². The molecule has 30 heavy (non-hydrogen) atoms. The van der Waals surface area contributed by atoms with Crippen LogP contribution in [0.3, 0.4) is 0 Å². The number of Topliss-reactive ketones (excluding diaryl/α,β-unsaturated/α-hetero) is 1. The van der Waals surface area contributed by atoms with Gasteiger partial charge in [0.1, 0.15) is 24.8 Å². The van der Waals surface area contributed by atoms with Crippen LogP contribution in [0.25, 0.3) is 0 Å². The van der Waals surface area contributed by atoms with E-state index < -0.39 is 0 Å². The fourth-order valence-corrected chi connectivity index (χ4v) is 4.54. The molecule has 2 heterocycles. The molecule has 0 amide bonds. The Bertz CT molecular complexity index is 920. The first-order valence-electron chi connectivity index (χ1n) is 10.7. The summed E-state index contributed by atoms with van der Waals surface area (Å²) < 4.78 is 0. The zero-order valence-electron chi connectivity index (χ0n) is 17.0. The van der Waals surface area contributed by atoms with Crippen molar-refractivity contribution in [1.29, 1.82) is 0 Å². The minimum Gasteiger partial charge on any atom is -0.508 e. The van der Waals surface area contributed by atoms with E-state index in [2.05, 4.69) is 44.1 Å². The molecule has 5 rings (SSSR count). The van der Waals surface area contributed by atoms with Gasteiger partial charge in [0.15, 0.2) is 5.78 Å². The van der Waals surface area contributed by atoms with Gasteiger partial charge in [0.25, 0.3) is 0 Å². The Labute approximate surface area is 176 Å². The third-order valence-corrected chi connectivity index (χ3v) is 6.31. The quantitative estimate of drug-likeness (QED) is 0.844. The van der Waals surface area contributed by atoms with Gasteiger partial charge in [0.05, 0.1) is 0 Å². The molecule has 7 heteroatoms. The number of anilines is 3. The summed E-state index contributed by atoms with van der Waals surface area (Å²) in [6.07, 6.45) is 4.41. The number of carbonyl (C=O) groups excluding carboxylic acids is 1. The zero-order chi connectivity index (χ0) is 20.5. The van der Waals surface area contributed by atoms with E-state index in [0.717, 1.165) is 50.4 Å². The minimum absolute atomic E-state index is 0.0459. The molecule has 1 atom stereocenters. The van der Waals surface area contributed by atoms with Gasteiger partial charge in [-0.15, -0.1) is 0 Å². The molecule has 2 aromatic carbocycles. The predicted octanol–water partition coefficient (Wildman–Crippen LogP) is 2.86.